The Balaban J connectivity index is 1.43. The van der Waals surface area contributed by atoms with Crippen LogP contribution in [0.3, 0.4) is 0 Å². The molecule has 0 radical (unpaired) electrons. The minimum absolute atomic E-state index is 0.0500. The first-order valence-corrected chi connectivity index (χ1v) is 10.6. The summed E-state index contributed by atoms with van der Waals surface area (Å²) in [5.74, 6) is 2.26. The van der Waals surface area contributed by atoms with Crippen LogP contribution in [0.25, 0.3) is 0 Å². The standard InChI is InChI=1S/C27H26O3/c1-2-9-21-16-24-25-22(28-17-19-10-5-3-6-11-19)14-15-23(26(25)27(21)30-24)29-18-20-12-7-4-8-13-20/h2-8,10-15,21,24,27H,1,9,16-18H2. The van der Waals surface area contributed by atoms with Crippen LogP contribution in [0.4, 0.5) is 0 Å². The molecule has 0 saturated carbocycles. The van der Waals surface area contributed by atoms with E-state index in [1.807, 2.05) is 54.6 Å². The van der Waals surface area contributed by atoms with E-state index in [2.05, 4.69) is 30.8 Å². The van der Waals surface area contributed by atoms with Gasteiger partial charge in [0, 0.05) is 11.1 Å². The lowest BCUT2D eigenvalue weighted by Gasteiger charge is -2.24. The lowest BCUT2D eigenvalue weighted by Crippen LogP contribution is -2.13. The van der Waals surface area contributed by atoms with Crippen molar-refractivity contribution in [1.29, 1.82) is 0 Å². The highest BCUT2D eigenvalue weighted by Gasteiger charge is 2.48. The van der Waals surface area contributed by atoms with E-state index in [0.717, 1.165) is 35.5 Å². The fourth-order valence-corrected chi connectivity index (χ4v) is 4.61. The van der Waals surface area contributed by atoms with Crippen molar-refractivity contribution in [1.82, 2.24) is 0 Å². The highest BCUT2D eigenvalue weighted by Crippen LogP contribution is 2.60. The molecule has 3 aromatic carbocycles. The number of benzene rings is 3. The largest absolute Gasteiger partial charge is 0.489 e. The van der Waals surface area contributed by atoms with Gasteiger partial charge in [0.2, 0.25) is 0 Å². The predicted molar refractivity (Wildman–Crippen MR) is 117 cm³/mol. The molecule has 0 amide bonds. The maximum Gasteiger partial charge on any atom is 0.126 e. The fraction of sp³-hybridized carbons (Fsp3) is 0.259. The molecule has 152 valence electrons. The van der Waals surface area contributed by atoms with E-state index in [4.69, 9.17) is 14.2 Å². The maximum atomic E-state index is 6.39. The number of fused-ring (bicyclic) bond motifs is 5. The quantitative estimate of drug-likeness (QED) is 0.403. The number of hydrogen-bond acceptors (Lipinski definition) is 3. The Morgan fingerprint density at radius 3 is 1.93 bits per heavy atom. The van der Waals surface area contributed by atoms with Crippen LogP contribution in [0.5, 0.6) is 11.5 Å². The van der Waals surface area contributed by atoms with Crippen LogP contribution in [-0.4, -0.2) is 0 Å². The van der Waals surface area contributed by atoms with Crippen molar-refractivity contribution in [2.75, 3.05) is 0 Å². The molecule has 3 unspecified atom stereocenters. The van der Waals surface area contributed by atoms with Crippen LogP contribution in [0.15, 0.2) is 85.5 Å². The topological polar surface area (TPSA) is 27.7 Å². The van der Waals surface area contributed by atoms with E-state index in [-0.39, 0.29) is 12.2 Å². The average Bonchev–Trinajstić information content (AvgIpc) is 3.38. The van der Waals surface area contributed by atoms with Gasteiger partial charge in [-0.05, 0) is 42.0 Å². The summed E-state index contributed by atoms with van der Waals surface area (Å²) in [5.41, 5.74) is 4.65. The van der Waals surface area contributed by atoms with Gasteiger partial charge >= 0.3 is 0 Å². The van der Waals surface area contributed by atoms with Gasteiger partial charge in [-0.3, -0.25) is 0 Å². The molecule has 3 heteroatoms. The fourth-order valence-electron chi connectivity index (χ4n) is 4.61. The highest BCUT2D eigenvalue weighted by atomic mass is 16.5. The Morgan fingerprint density at radius 2 is 1.37 bits per heavy atom. The molecule has 2 heterocycles. The van der Waals surface area contributed by atoms with Gasteiger partial charge in [0.25, 0.3) is 0 Å². The summed E-state index contributed by atoms with van der Waals surface area (Å²) in [6, 6.07) is 24.6. The zero-order chi connectivity index (χ0) is 20.3. The normalized spacial score (nSPS) is 21.3. The molecule has 3 atom stereocenters. The Morgan fingerprint density at radius 1 is 0.800 bits per heavy atom. The van der Waals surface area contributed by atoms with Crippen molar-refractivity contribution in [3.05, 3.63) is 108 Å². The van der Waals surface area contributed by atoms with Crippen LogP contribution < -0.4 is 9.47 Å². The van der Waals surface area contributed by atoms with Gasteiger partial charge in [0.1, 0.15) is 24.7 Å². The summed E-state index contributed by atoms with van der Waals surface area (Å²) < 4.78 is 18.9. The van der Waals surface area contributed by atoms with E-state index in [1.54, 1.807) is 0 Å². The van der Waals surface area contributed by atoms with Crippen molar-refractivity contribution in [2.45, 2.75) is 38.3 Å². The second-order valence-electron chi connectivity index (χ2n) is 8.00. The number of allylic oxidation sites excluding steroid dienone is 1. The van der Waals surface area contributed by atoms with E-state index in [1.165, 1.54) is 11.1 Å². The van der Waals surface area contributed by atoms with Gasteiger partial charge in [0.05, 0.1) is 12.2 Å². The summed E-state index contributed by atoms with van der Waals surface area (Å²) in [6.07, 6.45) is 4.07. The second kappa shape index (κ2) is 8.37. The van der Waals surface area contributed by atoms with Crippen molar-refractivity contribution in [3.63, 3.8) is 0 Å². The summed E-state index contributed by atoms with van der Waals surface area (Å²) in [6.45, 7) is 5.02. The van der Waals surface area contributed by atoms with Gasteiger partial charge in [-0.25, -0.2) is 0 Å². The van der Waals surface area contributed by atoms with Crippen molar-refractivity contribution >= 4 is 0 Å². The third kappa shape index (κ3) is 3.61. The molecule has 2 bridgehead atoms. The van der Waals surface area contributed by atoms with Gasteiger partial charge < -0.3 is 14.2 Å². The molecular weight excluding hydrogens is 372 g/mol. The zero-order valence-corrected chi connectivity index (χ0v) is 17.0. The van der Waals surface area contributed by atoms with E-state index in [9.17, 15) is 0 Å². The van der Waals surface area contributed by atoms with E-state index >= 15 is 0 Å². The molecule has 3 aromatic rings. The minimum Gasteiger partial charge on any atom is -0.489 e. The molecule has 3 nitrogen and oxygen atoms in total. The molecule has 30 heavy (non-hydrogen) atoms. The van der Waals surface area contributed by atoms with E-state index in [0.29, 0.717) is 19.1 Å². The molecule has 1 fully saturated rings. The van der Waals surface area contributed by atoms with Crippen molar-refractivity contribution < 1.29 is 14.2 Å². The van der Waals surface area contributed by atoms with Crippen LogP contribution in [0.2, 0.25) is 0 Å². The molecule has 1 saturated heterocycles. The van der Waals surface area contributed by atoms with Gasteiger partial charge in [-0.2, -0.15) is 0 Å². The Bertz CT molecular complexity index is 1010. The molecule has 2 aliphatic heterocycles. The lowest BCUT2D eigenvalue weighted by atomic mass is 9.81. The third-order valence-corrected chi connectivity index (χ3v) is 6.01. The first-order chi connectivity index (χ1) is 14.8. The third-order valence-electron chi connectivity index (χ3n) is 6.01. The van der Waals surface area contributed by atoms with Crippen LogP contribution in [0, 0.1) is 5.92 Å². The number of rotatable bonds is 8. The molecular formula is C27H26O3. The SMILES string of the molecule is C=CCC1CC2OC1c1c(OCc3ccccc3)ccc(OCc3ccccc3)c12. The predicted octanol–water partition coefficient (Wildman–Crippen LogP) is 6.55. The summed E-state index contributed by atoms with van der Waals surface area (Å²) in [4.78, 5) is 0. The van der Waals surface area contributed by atoms with Crippen molar-refractivity contribution in [3.8, 4) is 11.5 Å². The highest BCUT2D eigenvalue weighted by molar-refractivity contribution is 5.55. The minimum atomic E-state index is 0.0500. The van der Waals surface area contributed by atoms with Gasteiger partial charge in [-0.15, -0.1) is 6.58 Å². The molecule has 0 aliphatic carbocycles. The second-order valence-corrected chi connectivity index (χ2v) is 8.00. The average molecular weight is 399 g/mol. The summed E-state index contributed by atoms with van der Waals surface area (Å²) >= 11 is 0. The molecule has 0 spiro atoms. The van der Waals surface area contributed by atoms with Crippen LogP contribution >= 0.6 is 0 Å². The molecule has 0 N–H and O–H groups in total. The smallest absolute Gasteiger partial charge is 0.126 e. The molecule has 0 aromatic heterocycles. The first kappa shape index (κ1) is 19.0. The van der Waals surface area contributed by atoms with Gasteiger partial charge in [-0.1, -0.05) is 66.7 Å². The van der Waals surface area contributed by atoms with Crippen molar-refractivity contribution in [2.24, 2.45) is 5.92 Å². The Labute approximate surface area is 177 Å². The Kier molecular flexibility index (Phi) is 5.29. The molecule has 2 aliphatic rings. The lowest BCUT2D eigenvalue weighted by molar-refractivity contribution is 0.0581. The summed E-state index contributed by atoms with van der Waals surface area (Å²) in [7, 11) is 0. The first-order valence-electron chi connectivity index (χ1n) is 10.6. The monoisotopic (exact) mass is 398 g/mol. The summed E-state index contributed by atoms with van der Waals surface area (Å²) in [5, 5.41) is 0. The van der Waals surface area contributed by atoms with E-state index < -0.39 is 0 Å². The zero-order valence-electron chi connectivity index (χ0n) is 17.0. The Hall–Kier alpha value is -3.04. The number of hydrogen-bond donors (Lipinski definition) is 0. The van der Waals surface area contributed by atoms with Crippen LogP contribution in [-0.2, 0) is 18.0 Å². The van der Waals surface area contributed by atoms with Gasteiger partial charge in [0.15, 0.2) is 0 Å². The molecule has 5 rings (SSSR count). The number of ether oxygens (including phenoxy) is 3. The maximum absolute atomic E-state index is 6.39. The van der Waals surface area contributed by atoms with Crippen LogP contribution in [0.1, 0.15) is 47.3 Å².